The Balaban J connectivity index is 1.40. The molecular weight excluding hydrogens is 440 g/mol. The molecule has 3 aliphatic heterocycles. The fraction of sp³-hybridized carbons (Fsp3) is 0.583. The van der Waals surface area contributed by atoms with Gasteiger partial charge in [-0.3, -0.25) is 4.79 Å². The van der Waals surface area contributed by atoms with Crippen molar-refractivity contribution in [2.24, 2.45) is 17.8 Å². The Morgan fingerprint density at radius 2 is 1.82 bits per heavy atom. The predicted octanol–water partition coefficient (Wildman–Crippen LogP) is 2.90. The van der Waals surface area contributed by atoms with Gasteiger partial charge in [0.05, 0.1) is 12.0 Å². The van der Waals surface area contributed by atoms with E-state index in [9.17, 15) is 13.2 Å². The van der Waals surface area contributed by atoms with Crippen molar-refractivity contribution in [3.05, 3.63) is 40.8 Å². The van der Waals surface area contributed by atoms with Crippen molar-refractivity contribution in [2.75, 3.05) is 37.6 Å². The number of piperazine rings is 1. The number of hydrogen-bond donors (Lipinski definition) is 0. The Bertz CT molecular complexity index is 1200. The monoisotopic (exact) mass is 472 g/mol. The number of amides is 1. The van der Waals surface area contributed by atoms with E-state index in [2.05, 4.69) is 56.0 Å². The van der Waals surface area contributed by atoms with E-state index in [4.69, 9.17) is 4.52 Å². The van der Waals surface area contributed by atoms with Gasteiger partial charge in [0.15, 0.2) is 5.76 Å². The molecule has 4 heterocycles. The second-order valence-electron chi connectivity index (χ2n) is 10.0. The van der Waals surface area contributed by atoms with Crippen LogP contribution in [0.5, 0.6) is 0 Å². The van der Waals surface area contributed by atoms with E-state index in [1.807, 2.05) is 4.90 Å². The highest BCUT2D eigenvalue weighted by molar-refractivity contribution is 7.89. The zero-order valence-electron chi connectivity index (χ0n) is 19.9. The number of hydrogen-bond acceptors (Lipinski definition) is 6. The van der Waals surface area contributed by atoms with Crippen molar-refractivity contribution in [2.45, 2.75) is 45.6 Å². The molecule has 2 aromatic rings. The highest BCUT2D eigenvalue weighted by Crippen LogP contribution is 2.53. The van der Waals surface area contributed by atoms with Crippen LogP contribution in [-0.2, 0) is 14.8 Å². The summed E-state index contributed by atoms with van der Waals surface area (Å²) in [5, 5.41) is 4.10. The van der Waals surface area contributed by atoms with Gasteiger partial charge in [-0.2, -0.15) is 4.31 Å². The molecule has 3 atom stereocenters. The van der Waals surface area contributed by atoms with Gasteiger partial charge in [0.1, 0.15) is 10.6 Å². The van der Waals surface area contributed by atoms with Gasteiger partial charge in [-0.1, -0.05) is 31.1 Å². The smallest absolute Gasteiger partial charge is 0.249 e. The van der Waals surface area contributed by atoms with Gasteiger partial charge in [0.2, 0.25) is 15.9 Å². The minimum absolute atomic E-state index is 0.0329. The standard InChI is InChI=1S/C24H32N4O4S/c1-14(2)18-13-28-22(21-23(33(28,30)31)17(5)32-25-21)20(18)24(29)27-10-8-26(9-11-27)19-12-15(3)6-7-16(19)4/h6-7,12,14,18,20,22H,8-11,13H2,1-5H3/t18-,20-,22?/m0/s1. The van der Waals surface area contributed by atoms with Crippen LogP contribution in [0, 0.1) is 38.5 Å². The van der Waals surface area contributed by atoms with Crippen molar-refractivity contribution in [3.63, 3.8) is 0 Å². The number of aromatic nitrogens is 1. The van der Waals surface area contributed by atoms with Crippen molar-refractivity contribution in [1.29, 1.82) is 0 Å². The Morgan fingerprint density at radius 1 is 1.12 bits per heavy atom. The average Bonchev–Trinajstić information content (AvgIpc) is 3.41. The maximum atomic E-state index is 13.9. The summed E-state index contributed by atoms with van der Waals surface area (Å²) in [5.74, 6) is 0.00374. The number of rotatable bonds is 3. The predicted molar refractivity (Wildman–Crippen MR) is 124 cm³/mol. The van der Waals surface area contributed by atoms with E-state index >= 15 is 0 Å². The number of carbonyl (C=O) groups is 1. The third kappa shape index (κ3) is 3.39. The quantitative estimate of drug-likeness (QED) is 0.683. The largest absolute Gasteiger partial charge is 0.368 e. The molecule has 0 saturated carbocycles. The molecule has 8 nitrogen and oxygen atoms in total. The second kappa shape index (κ2) is 7.84. The molecule has 0 aliphatic carbocycles. The number of anilines is 1. The molecule has 1 unspecified atom stereocenters. The summed E-state index contributed by atoms with van der Waals surface area (Å²) < 4.78 is 33.2. The normalized spacial score (nSPS) is 26.7. The van der Waals surface area contributed by atoms with Crippen molar-refractivity contribution in [1.82, 2.24) is 14.4 Å². The van der Waals surface area contributed by atoms with E-state index < -0.39 is 22.0 Å². The minimum atomic E-state index is -3.69. The van der Waals surface area contributed by atoms with Gasteiger partial charge in [0.25, 0.3) is 0 Å². The van der Waals surface area contributed by atoms with Gasteiger partial charge in [-0.15, -0.1) is 0 Å². The van der Waals surface area contributed by atoms with Crippen LogP contribution in [0.2, 0.25) is 0 Å². The topological polar surface area (TPSA) is 87.0 Å². The Hall–Kier alpha value is -2.39. The molecule has 1 aromatic heterocycles. The number of sulfonamides is 1. The van der Waals surface area contributed by atoms with Crippen LogP contribution in [0.15, 0.2) is 27.6 Å². The first-order valence-electron chi connectivity index (χ1n) is 11.7. The van der Waals surface area contributed by atoms with Crippen molar-refractivity contribution >= 4 is 21.6 Å². The molecule has 1 amide bonds. The SMILES string of the molecule is Cc1ccc(C)c(N2CCN(C(=O)[C@@H]3C4c5noc(C)c5S(=O)(=O)N4C[C@H]3C(C)C)CC2)c1. The number of fused-ring (bicyclic) bond motifs is 3. The summed E-state index contributed by atoms with van der Waals surface area (Å²) in [6.07, 6.45) is 0. The lowest BCUT2D eigenvalue weighted by molar-refractivity contribution is -0.138. The van der Waals surface area contributed by atoms with Crippen LogP contribution < -0.4 is 4.90 Å². The summed E-state index contributed by atoms with van der Waals surface area (Å²) in [5.41, 5.74) is 4.08. The molecule has 33 heavy (non-hydrogen) atoms. The molecule has 0 radical (unpaired) electrons. The molecule has 2 saturated heterocycles. The highest BCUT2D eigenvalue weighted by atomic mass is 32.2. The Labute approximate surface area is 195 Å². The Morgan fingerprint density at radius 3 is 2.48 bits per heavy atom. The van der Waals surface area contributed by atoms with E-state index in [0.717, 1.165) is 13.1 Å². The van der Waals surface area contributed by atoms with Crippen LogP contribution in [0.1, 0.15) is 42.5 Å². The summed E-state index contributed by atoms with van der Waals surface area (Å²) >= 11 is 0. The molecule has 1 aromatic carbocycles. The van der Waals surface area contributed by atoms with Crippen LogP contribution >= 0.6 is 0 Å². The fourth-order valence-corrected chi connectivity index (χ4v) is 7.74. The Kier molecular flexibility index (Phi) is 5.32. The lowest BCUT2D eigenvalue weighted by atomic mass is 9.81. The molecule has 5 rings (SSSR count). The molecule has 9 heteroatoms. The zero-order chi connectivity index (χ0) is 23.7. The maximum Gasteiger partial charge on any atom is 0.249 e. The average molecular weight is 473 g/mol. The summed E-state index contributed by atoms with van der Waals surface area (Å²) in [6, 6.07) is 5.89. The van der Waals surface area contributed by atoms with Crippen LogP contribution in [0.4, 0.5) is 5.69 Å². The minimum Gasteiger partial charge on any atom is -0.368 e. The van der Waals surface area contributed by atoms with Crippen LogP contribution in [-0.4, -0.2) is 61.4 Å². The van der Waals surface area contributed by atoms with Gasteiger partial charge in [-0.05, 0) is 49.8 Å². The molecule has 2 fully saturated rings. The van der Waals surface area contributed by atoms with E-state index in [0.29, 0.717) is 31.1 Å². The van der Waals surface area contributed by atoms with Crippen molar-refractivity contribution < 1.29 is 17.7 Å². The molecular formula is C24H32N4O4S. The number of carbonyl (C=O) groups excluding carboxylic acids is 1. The van der Waals surface area contributed by atoms with Gasteiger partial charge >= 0.3 is 0 Å². The summed E-state index contributed by atoms with van der Waals surface area (Å²) in [7, 11) is -3.69. The zero-order valence-corrected chi connectivity index (χ0v) is 20.7. The third-order valence-electron chi connectivity index (χ3n) is 7.62. The first-order chi connectivity index (χ1) is 15.6. The van der Waals surface area contributed by atoms with E-state index in [1.165, 1.54) is 21.1 Å². The molecule has 0 spiro atoms. The van der Waals surface area contributed by atoms with Gasteiger partial charge < -0.3 is 14.3 Å². The second-order valence-corrected chi connectivity index (χ2v) is 11.8. The first-order valence-corrected chi connectivity index (χ1v) is 13.1. The number of benzene rings is 1. The van der Waals surface area contributed by atoms with Gasteiger partial charge in [0, 0.05) is 38.4 Å². The first kappa shape index (κ1) is 22.4. The van der Waals surface area contributed by atoms with Crippen LogP contribution in [0.3, 0.4) is 0 Å². The summed E-state index contributed by atoms with van der Waals surface area (Å²) in [4.78, 5) is 18.3. The summed E-state index contributed by atoms with van der Waals surface area (Å²) in [6.45, 7) is 13.1. The van der Waals surface area contributed by atoms with E-state index in [-0.39, 0.29) is 22.6 Å². The van der Waals surface area contributed by atoms with Crippen LogP contribution in [0.25, 0.3) is 0 Å². The molecule has 3 aliphatic rings. The maximum absolute atomic E-state index is 13.9. The molecule has 178 valence electrons. The highest BCUT2D eigenvalue weighted by Gasteiger charge is 2.60. The lowest BCUT2D eigenvalue weighted by Crippen LogP contribution is -2.52. The molecule has 0 bridgehead atoms. The number of aryl methyl sites for hydroxylation is 3. The lowest BCUT2D eigenvalue weighted by Gasteiger charge is -2.39. The number of nitrogens with zero attached hydrogens (tertiary/aromatic N) is 4. The van der Waals surface area contributed by atoms with E-state index in [1.54, 1.807) is 6.92 Å². The fourth-order valence-electron chi connectivity index (χ4n) is 5.78. The van der Waals surface area contributed by atoms with Gasteiger partial charge in [-0.25, -0.2) is 8.42 Å². The van der Waals surface area contributed by atoms with Crippen molar-refractivity contribution in [3.8, 4) is 0 Å². The molecule has 0 N–H and O–H groups in total. The third-order valence-corrected chi connectivity index (χ3v) is 9.63.